The van der Waals surface area contributed by atoms with Crippen molar-refractivity contribution in [1.29, 1.82) is 0 Å². The van der Waals surface area contributed by atoms with E-state index in [2.05, 4.69) is 0 Å². The number of para-hydroxylation sites is 1. The van der Waals surface area contributed by atoms with Crippen LogP contribution in [0.25, 0.3) is 0 Å². The number of aryl methyl sites for hydroxylation is 1. The SMILES string of the molecule is CN(c1ccccc1F)S(=O)(=O)c1cc(CN)n(C)c1. The predicted octanol–water partition coefficient (Wildman–Crippen LogP) is 1.45. The molecule has 0 saturated heterocycles. The first-order valence-electron chi connectivity index (χ1n) is 5.96. The summed E-state index contributed by atoms with van der Waals surface area (Å²) in [5.41, 5.74) is 6.22. The molecule has 0 fully saturated rings. The molecular formula is C13H16FN3O2S. The predicted molar refractivity (Wildman–Crippen MR) is 75.3 cm³/mol. The third-order valence-electron chi connectivity index (χ3n) is 3.14. The van der Waals surface area contributed by atoms with Gasteiger partial charge in [0, 0.05) is 32.5 Å². The molecule has 0 bridgehead atoms. The van der Waals surface area contributed by atoms with Crippen LogP contribution in [0.3, 0.4) is 0 Å². The summed E-state index contributed by atoms with van der Waals surface area (Å²) in [5.74, 6) is -0.589. The molecule has 0 radical (unpaired) electrons. The molecule has 0 aliphatic rings. The van der Waals surface area contributed by atoms with Crippen LogP contribution in [0.1, 0.15) is 5.69 Å². The van der Waals surface area contributed by atoms with Crippen molar-refractivity contribution >= 4 is 15.7 Å². The summed E-state index contributed by atoms with van der Waals surface area (Å²) in [4.78, 5) is 0.0891. The summed E-state index contributed by atoms with van der Waals surface area (Å²) in [6.45, 7) is 0.232. The average molecular weight is 297 g/mol. The van der Waals surface area contributed by atoms with E-state index in [0.29, 0.717) is 5.69 Å². The monoisotopic (exact) mass is 297 g/mol. The third-order valence-corrected chi connectivity index (χ3v) is 4.88. The number of hydrogen-bond acceptors (Lipinski definition) is 3. The van der Waals surface area contributed by atoms with Gasteiger partial charge in [0.2, 0.25) is 0 Å². The summed E-state index contributed by atoms with van der Waals surface area (Å²) < 4.78 is 41.2. The molecule has 5 nitrogen and oxygen atoms in total. The van der Waals surface area contributed by atoms with Crippen molar-refractivity contribution < 1.29 is 12.8 Å². The molecular weight excluding hydrogens is 281 g/mol. The number of sulfonamides is 1. The quantitative estimate of drug-likeness (QED) is 0.928. The Morgan fingerprint density at radius 1 is 1.35 bits per heavy atom. The van der Waals surface area contributed by atoms with Crippen LogP contribution in [0.5, 0.6) is 0 Å². The highest BCUT2D eigenvalue weighted by Crippen LogP contribution is 2.25. The highest BCUT2D eigenvalue weighted by Gasteiger charge is 2.25. The molecule has 0 atom stereocenters. The molecule has 7 heteroatoms. The highest BCUT2D eigenvalue weighted by molar-refractivity contribution is 7.92. The lowest BCUT2D eigenvalue weighted by Gasteiger charge is -2.19. The summed E-state index contributed by atoms with van der Waals surface area (Å²) in [7, 11) is -0.774. The van der Waals surface area contributed by atoms with E-state index in [-0.39, 0.29) is 17.1 Å². The Bertz CT molecular complexity index is 725. The Kier molecular flexibility index (Phi) is 3.82. The van der Waals surface area contributed by atoms with Gasteiger partial charge in [-0.05, 0) is 18.2 Å². The van der Waals surface area contributed by atoms with Crippen LogP contribution in [0.2, 0.25) is 0 Å². The Hall–Kier alpha value is -1.86. The van der Waals surface area contributed by atoms with E-state index in [1.54, 1.807) is 17.7 Å². The van der Waals surface area contributed by atoms with E-state index >= 15 is 0 Å². The molecule has 1 aromatic heterocycles. The number of halogens is 1. The lowest BCUT2D eigenvalue weighted by atomic mass is 10.3. The maximum atomic E-state index is 13.7. The molecule has 0 aliphatic heterocycles. The normalized spacial score (nSPS) is 11.6. The molecule has 0 spiro atoms. The minimum atomic E-state index is -3.81. The van der Waals surface area contributed by atoms with Crippen molar-refractivity contribution in [2.24, 2.45) is 12.8 Å². The summed E-state index contributed by atoms with van der Waals surface area (Å²) >= 11 is 0. The van der Waals surface area contributed by atoms with Crippen LogP contribution in [0, 0.1) is 5.82 Å². The van der Waals surface area contributed by atoms with Gasteiger partial charge in [0.25, 0.3) is 10.0 Å². The van der Waals surface area contributed by atoms with E-state index in [4.69, 9.17) is 5.73 Å². The van der Waals surface area contributed by atoms with Crippen LogP contribution < -0.4 is 10.0 Å². The summed E-state index contributed by atoms with van der Waals surface area (Å²) in [6.07, 6.45) is 1.47. The van der Waals surface area contributed by atoms with Crippen LogP contribution in [0.4, 0.5) is 10.1 Å². The minimum Gasteiger partial charge on any atom is -0.352 e. The zero-order chi connectivity index (χ0) is 14.9. The topological polar surface area (TPSA) is 68.3 Å². The van der Waals surface area contributed by atoms with Crippen molar-refractivity contribution in [3.8, 4) is 0 Å². The van der Waals surface area contributed by atoms with E-state index in [0.717, 1.165) is 4.31 Å². The molecule has 0 saturated carbocycles. The molecule has 20 heavy (non-hydrogen) atoms. The molecule has 2 N–H and O–H groups in total. The second-order valence-electron chi connectivity index (χ2n) is 4.41. The van der Waals surface area contributed by atoms with Gasteiger partial charge in [-0.1, -0.05) is 12.1 Å². The molecule has 0 amide bonds. The minimum absolute atomic E-state index is 0.00523. The third kappa shape index (κ3) is 2.41. The van der Waals surface area contributed by atoms with Gasteiger partial charge in [0.15, 0.2) is 0 Å². The number of anilines is 1. The largest absolute Gasteiger partial charge is 0.352 e. The first-order valence-corrected chi connectivity index (χ1v) is 7.40. The van der Waals surface area contributed by atoms with Gasteiger partial charge in [-0.2, -0.15) is 0 Å². The average Bonchev–Trinajstić information content (AvgIpc) is 2.80. The first-order chi connectivity index (χ1) is 9.37. The zero-order valence-corrected chi connectivity index (χ0v) is 12.1. The number of rotatable bonds is 4. The van der Waals surface area contributed by atoms with Crippen molar-refractivity contribution in [3.63, 3.8) is 0 Å². The van der Waals surface area contributed by atoms with Gasteiger partial charge in [-0.3, -0.25) is 4.31 Å². The van der Waals surface area contributed by atoms with E-state index in [1.807, 2.05) is 0 Å². The standard InChI is InChI=1S/C13H16FN3O2S/c1-16-9-11(7-10(16)8-15)20(18,19)17(2)13-6-4-3-5-12(13)14/h3-7,9H,8,15H2,1-2H3. The number of aromatic nitrogens is 1. The highest BCUT2D eigenvalue weighted by atomic mass is 32.2. The maximum absolute atomic E-state index is 13.7. The number of nitrogens with two attached hydrogens (primary N) is 1. The van der Waals surface area contributed by atoms with Crippen molar-refractivity contribution in [3.05, 3.63) is 48.0 Å². The first kappa shape index (κ1) is 14.5. The van der Waals surface area contributed by atoms with Gasteiger partial charge in [0.1, 0.15) is 10.7 Å². The van der Waals surface area contributed by atoms with Gasteiger partial charge < -0.3 is 10.3 Å². The van der Waals surface area contributed by atoms with Crippen LogP contribution >= 0.6 is 0 Å². The molecule has 2 rings (SSSR count). The fourth-order valence-corrected chi connectivity index (χ4v) is 3.22. The second-order valence-corrected chi connectivity index (χ2v) is 6.38. The van der Waals surface area contributed by atoms with Gasteiger partial charge in [-0.25, -0.2) is 12.8 Å². The van der Waals surface area contributed by atoms with E-state index in [1.165, 1.54) is 37.5 Å². The Balaban J connectivity index is 2.47. The summed E-state index contributed by atoms with van der Waals surface area (Å²) in [6, 6.07) is 7.22. The van der Waals surface area contributed by atoms with Gasteiger partial charge in [0.05, 0.1) is 5.69 Å². The van der Waals surface area contributed by atoms with Gasteiger partial charge in [-0.15, -0.1) is 0 Å². The summed E-state index contributed by atoms with van der Waals surface area (Å²) in [5, 5.41) is 0. The lowest BCUT2D eigenvalue weighted by molar-refractivity contribution is 0.589. The van der Waals surface area contributed by atoms with Crippen LogP contribution in [-0.2, 0) is 23.6 Å². The molecule has 1 aromatic carbocycles. The van der Waals surface area contributed by atoms with Crippen LogP contribution in [0.15, 0.2) is 41.4 Å². The van der Waals surface area contributed by atoms with E-state index in [9.17, 15) is 12.8 Å². The fourth-order valence-electron chi connectivity index (χ4n) is 1.92. The Morgan fingerprint density at radius 2 is 2.00 bits per heavy atom. The van der Waals surface area contributed by atoms with Crippen molar-refractivity contribution in [2.75, 3.05) is 11.4 Å². The van der Waals surface area contributed by atoms with Gasteiger partial charge >= 0.3 is 0 Å². The van der Waals surface area contributed by atoms with Crippen molar-refractivity contribution in [2.45, 2.75) is 11.4 Å². The Morgan fingerprint density at radius 3 is 2.55 bits per heavy atom. The molecule has 0 aliphatic carbocycles. The van der Waals surface area contributed by atoms with Crippen molar-refractivity contribution in [1.82, 2.24) is 4.57 Å². The number of benzene rings is 1. The van der Waals surface area contributed by atoms with Crippen LogP contribution in [-0.4, -0.2) is 20.0 Å². The maximum Gasteiger partial charge on any atom is 0.265 e. The molecule has 2 aromatic rings. The second kappa shape index (κ2) is 5.26. The lowest BCUT2D eigenvalue weighted by Crippen LogP contribution is -2.27. The molecule has 108 valence electrons. The fraction of sp³-hybridized carbons (Fsp3) is 0.231. The Labute approximate surface area is 117 Å². The smallest absolute Gasteiger partial charge is 0.265 e. The number of nitrogens with zero attached hydrogens (tertiary/aromatic N) is 2. The van der Waals surface area contributed by atoms with E-state index < -0.39 is 15.8 Å². The number of hydrogen-bond donors (Lipinski definition) is 1. The molecule has 1 heterocycles. The zero-order valence-electron chi connectivity index (χ0n) is 11.2. The molecule has 0 unspecified atom stereocenters.